The van der Waals surface area contributed by atoms with Crippen molar-refractivity contribution in [2.45, 2.75) is 13.1 Å². The van der Waals surface area contributed by atoms with Crippen LogP contribution in [0.15, 0.2) is 30.3 Å². The number of benzene rings is 1. The Morgan fingerprint density at radius 1 is 1.31 bits per heavy atom. The van der Waals surface area contributed by atoms with Crippen molar-refractivity contribution in [3.8, 4) is 5.75 Å². The Morgan fingerprint density at radius 3 is 2.50 bits per heavy atom. The summed E-state index contributed by atoms with van der Waals surface area (Å²) < 4.78 is 28.1. The standard InChI is InChI=1S/C10H15BO4S/c1-11(12)7-8-16(13,14)9-15-10-5-3-2-4-6-10/h2-6,12H,7-9H2,1H3. The molecule has 0 saturated heterocycles. The van der Waals surface area contributed by atoms with Gasteiger partial charge in [0.05, 0.1) is 0 Å². The zero-order valence-electron chi connectivity index (χ0n) is 9.17. The van der Waals surface area contributed by atoms with Crippen LogP contribution in [-0.4, -0.2) is 32.0 Å². The highest BCUT2D eigenvalue weighted by Crippen LogP contribution is 2.09. The average Bonchev–Trinajstić information content (AvgIpc) is 2.26. The lowest BCUT2D eigenvalue weighted by Crippen LogP contribution is -2.19. The Labute approximate surface area is 96.3 Å². The molecule has 1 N–H and O–H groups in total. The molecule has 0 aliphatic rings. The van der Waals surface area contributed by atoms with Crippen LogP contribution in [0.2, 0.25) is 13.1 Å². The molecule has 0 radical (unpaired) electrons. The lowest BCUT2D eigenvalue weighted by Gasteiger charge is -2.07. The van der Waals surface area contributed by atoms with Gasteiger partial charge in [0.2, 0.25) is 0 Å². The summed E-state index contributed by atoms with van der Waals surface area (Å²) in [6, 6.07) is 8.78. The first kappa shape index (κ1) is 13.1. The maximum Gasteiger partial charge on any atom is 0.286 e. The maximum absolute atomic E-state index is 11.5. The molecular weight excluding hydrogens is 227 g/mol. The van der Waals surface area contributed by atoms with Crippen molar-refractivity contribution in [2.24, 2.45) is 0 Å². The molecule has 1 rings (SSSR count). The van der Waals surface area contributed by atoms with E-state index in [0.717, 1.165) is 0 Å². The minimum atomic E-state index is -3.26. The predicted molar refractivity (Wildman–Crippen MR) is 64.4 cm³/mol. The second kappa shape index (κ2) is 5.91. The molecule has 0 fully saturated rings. The second-order valence-electron chi connectivity index (χ2n) is 3.66. The van der Waals surface area contributed by atoms with Crippen LogP contribution in [0, 0.1) is 0 Å². The van der Waals surface area contributed by atoms with Gasteiger partial charge in [0.15, 0.2) is 15.8 Å². The highest BCUT2D eigenvalue weighted by atomic mass is 32.2. The Bertz CT molecular complexity index is 402. The summed E-state index contributed by atoms with van der Waals surface area (Å²) >= 11 is 0. The first-order valence-corrected chi connectivity index (χ1v) is 6.88. The zero-order chi connectivity index (χ0) is 12.0. The van der Waals surface area contributed by atoms with Crippen LogP contribution in [0.5, 0.6) is 5.75 Å². The summed E-state index contributed by atoms with van der Waals surface area (Å²) in [7, 11) is -3.26. The van der Waals surface area contributed by atoms with Gasteiger partial charge in [-0.2, -0.15) is 0 Å². The molecule has 0 heterocycles. The van der Waals surface area contributed by atoms with E-state index in [2.05, 4.69) is 0 Å². The van der Waals surface area contributed by atoms with Crippen molar-refractivity contribution in [1.29, 1.82) is 0 Å². The third kappa shape index (κ3) is 5.18. The highest BCUT2D eigenvalue weighted by Gasteiger charge is 2.14. The Morgan fingerprint density at radius 2 is 1.94 bits per heavy atom. The van der Waals surface area contributed by atoms with E-state index in [9.17, 15) is 8.42 Å². The maximum atomic E-state index is 11.5. The Hall–Kier alpha value is -1.01. The van der Waals surface area contributed by atoms with E-state index in [1.807, 2.05) is 6.07 Å². The van der Waals surface area contributed by atoms with Crippen LogP contribution in [-0.2, 0) is 9.84 Å². The van der Waals surface area contributed by atoms with Gasteiger partial charge in [-0.05, 0) is 18.5 Å². The van der Waals surface area contributed by atoms with Crippen LogP contribution >= 0.6 is 0 Å². The summed E-state index contributed by atoms with van der Waals surface area (Å²) in [4.78, 5) is 0. The van der Waals surface area contributed by atoms with Gasteiger partial charge in [0.1, 0.15) is 5.75 Å². The molecule has 0 unspecified atom stereocenters. The smallest absolute Gasteiger partial charge is 0.286 e. The largest absolute Gasteiger partial charge is 0.478 e. The number of ether oxygens (including phenoxy) is 1. The number of rotatable bonds is 6. The van der Waals surface area contributed by atoms with Crippen LogP contribution in [0.4, 0.5) is 0 Å². The van der Waals surface area contributed by atoms with Gasteiger partial charge in [-0.3, -0.25) is 0 Å². The first-order chi connectivity index (χ1) is 7.49. The summed E-state index contributed by atoms with van der Waals surface area (Å²) in [5, 5.41) is 9.00. The quantitative estimate of drug-likeness (QED) is 0.757. The zero-order valence-corrected chi connectivity index (χ0v) is 9.98. The van der Waals surface area contributed by atoms with E-state index in [-0.39, 0.29) is 18.0 Å². The summed E-state index contributed by atoms with van der Waals surface area (Å²) in [5.41, 5.74) is 0. The van der Waals surface area contributed by atoms with Crippen LogP contribution in [0.1, 0.15) is 0 Å². The summed E-state index contributed by atoms with van der Waals surface area (Å²) in [5.74, 6) is 0.129. The highest BCUT2D eigenvalue weighted by molar-refractivity contribution is 7.91. The number of sulfone groups is 1. The summed E-state index contributed by atoms with van der Waals surface area (Å²) in [6.45, 7) is 0.958. The lowest BCUT2D eigenvalue weighted by atomic mass is 9.69. The third-order valence-corrected chi connectivity index (χ3v) is 3.33. The Balaban J connectivity index is 2.42. The van der Waals surface area contributed by atoms with E-state index < -0.39 is 16.8 Å². The molecule has 0 amide bonds. The van der Waals surface area contributed by atoms with E-state index in [1.54, 1.807) is 31.1 Å². The SMILES string of the molecule is CB(O)CCS(=O)(=O)COc1ccccc1. The molecule has 0 bridgehead atoms. The van der Waals surface area contributed by atoms with E-state index in [4.69, 9.17) is 9.76 Å². The molecule has 0 aromatic heterocycles. The van der Waals surface area contributed by atoms with Gasteiger partial charge >= 0.3 is 0 Å². The lowest BCUT2D eigenvalue weighted by molar-refractivity contribution is 0.377. The fourth-order valence-electron chi connectivity index (χ4n) is 1.08. The van der Waals surface area contributed by atoms with Gasteiger partial charge in [0, 0.05) is 5.75 Å². The van der Waals surface area contributed by atoms with Gasteiger partial charge in [-0.15, -0.1) is 0 Å². The van der Waals surface area contributed by atoms with E-state index >= 15 is 0 Å². The molecular formula is C10H15BO4S. The normalized spacial score (nSPS) is 11.1. The number of hydrogen-bond donors (Lipinski definition) is 1. The van der Waals surface area contributed by atoms with Crippen molar-refractivity contribution >= 4 is 16.8 Å². The van der Waals surface area contributed by atoms with Gasteiger partial charge in [-0.1, -0.05) is 25.0 Å². The minimum Gasteiger partial charge on any atom is -0.478 e. The molecule has 0 aliphatic heterocycles. The van der Waals surface area contributed by atoms with Gasteiger partial charge in [0.25, 0.3) is 6.92 Å². The topological polar surface area (TPSA) is 63.6 Å². The number of para-hydroxylation sites is 1. The van der Waals surface area contributed by atoms with Crippen molar-refractivity contribution in [3.05, 3.63) is 30.3 Å². The molecule has 1 aromatic rings. The molecule has 16 heavy (non-hydrogen) atoms. The fourth-order valence-corrected chi connectivity index (χ4v) is 2.22. The molecule has 1 aromatic carbocycles. The summed E-state index contributed by atoms with van der Waals surface area (Å²) in [6.07, 6.45) is 0.237. The fraction of sp³-hybridized carbons (Fsp3) is 0.400. The first-order valence-electron chi connectivity index (χ1n) is 5.06. The van der Waals surface area contributed by atoms with Crippen molar-refractivity contribution in [1.82, 2.24) is 0 Å². The van der Waals surface area contributed by atoms with Crippen LogP contribution in [0.25, 0.3) is 0 Å². The second-order valence-corrected chi connectivity index (χ2v) is 5.79. The molecule has 0 atom stereocenters. The molecule has 6 heteroatoms. The van der Waals surface area contributed by atoms with Crippen molar-refractivity contribution in [3.63, 3.8) is 0 Å². The number of hydrogen-bond acceptors (Lipinski definition) is 4. The van der Waals surface area contributed by atoms with Gasteiger partial charge in [-0.25, -0.2) is 8.42 Å². The van der Waals surface area contributed by atoms with Crippen molar-refractivity contribution in [2.75, 3.05) is 11.7 Å². The molecule has 0 spiro atoms. The van der Waals surface area contributed by atoms with Crippen LogP contribution in [0.3, 0.4) is 0 Å². The van der Waals surface area contributed by atoms with Crippen LogP contribution < -0.4 is 4.74 Å². The molecule has 88 valence electrons. The van der Waals surface area contributed by atoms with E-state index in [0.29, 0.717) is 5.75 Å². The van der Waals surface area contributed by atoms with Crippen molar-refractivity contribution < 1.29 is 18.2 Å². The van der Waals surface area contributed by atoms with E-state index in [1.165, 1.54) is 0 Å². The molecule has 0 aliphatic carbocycles. The molecule has 0 saturated carbocycles. The third-order valence-electron chi connectivity index (χ3n) is 1.99. The monoisotopic (exact) mass is 242 g/mol. The Kier molecular flexibility index (Phi) is 4.83. The predicted octanol–water partition coefficient (Wildman–Crippen LogP) is 1.05. The molecule has 4 nitrogen and oxygen atoms in total. The average molecular weight is 242 g/mol. The minimum absolute atomic E-state index is 0.0580. The van der Waals surface area contributed by atoms with Gasteiger partial charge < -0.3 is 9.76 Å².